The van der Waals surface area contributed by atoms with E-state index in [0.29, 0.717) is 13.1 Å². The van der Waals surface area contributed by atoms with Gasteiger partial charge in [0, 0.05) is 19.7 Å². The van der Waals surface area contributed by atoms with E-state index >= 15 is 0 Å². The van der Waals surface area contributed by atoms with Crippen LogP contribution in [0.25, 0.3) is 0 Å². The molecule has 1 atom stereocenters. The first-order valence-corrected chi connectivity index (χ1v) is 7.28. The molecule has 4 heteroatoms. The smallest absolute Gasteiger partial charge is 0.260 e. The Hall–Kier alpha value is -1.55. The molecule has 0 bridgehead atoms. The number of hydrogen-bond acceptors (Lipinski definition) is 3. The zero-order valence-corrected chi connectivity index (χ0v) is 12.3. The molecule has 0 saturated carbocycles. The fourth-order valence-corrected chi connectivity index (χ4v) is 2.38. The van der Waals surface area contributed by atoms with Crippen LogP contribution in [-0.4, -0.2) is 43.2 Å². The fourth-order valence-electron chi connectivity index (χ4n) is 2.38. The molecular formula is C16H23NO3. The minimum Gasteiger partial charge on any atom is -0.484 e. The number of carbonyl (C=O) groups is 1. The van der Waals surface area contributed by atoms with Crippen LogP contribution < -0.4 is 4.74 Å². The highest BCUT2D eigenvalue weighted by Gasteiger charge is 2.21. The molecule has 1 aliphatic rings. The third kappa shape index (κ3) is 4.23. The number of hydrogen-bond donors (Lipinski definition) is 0. The Morgan fingerprint density at radius 1 is 1.50 bits per heavy atom. The number of likely N-dealkylation sites (N-methyl/N-ethyl adjacent to an activating group) is 1. The summed E-state index contributed by atoms with van der Waals surface area (Å²) in [6.07, 6.45) is 2.33. The highest BCUT2D eigenvalue weighted by Crippen LogP contribution is 2.15. The third-order valence-electron chi connectivity index (χ3n) is 3.53. The van der Waals surface area contributed by atoms with E-state index in [0.717, 1.165) is 30.8 Å². The van der Waals surface area contributed by atoms with Crippen LogP contribution in [0.2, 0.25) is 0 Å². The lowest BCUT2D eigenvalue weighted by molar-refractivity contribution is -0.134. The van der Waals surface area contributed by atoms with Crippen LogP contribution in [0.3, 0.4) is 0 Å². The maximum atomic E-state index is 12.2. The average Bonchev–Trinajstić information content (AvgIpc) is 2.95. The monoisotopic (exact) mass is 277 g/mol. The van der Waals surface area contributed by atoms with E-state index in [-0.39, 0.29) is 18.6 Å². The van der Waals surface area contributed by atoms with Gasteiger partial charge in [-0.3, -0.25) is 4.79 Å². The van der Waals surface area contributed by atoms with E-state index < -0.39 is 0 Å². The van der Waals surface area contributed by atoms with Crippen LogP contribution in [0.4, 0.5) is 0 Å². The van der Waals surface area contributed by atoms with E-state index in [1.165, 1.54) is 0 Å². The molecule has 0 spiro atoms. The van der Waals surface area contributed by atoms with E-state index in [1.54, 1.807) is 0 Å². The zero-order chi connectivity index (χ0) is 14.4. The quantitative estimate of drug-likeness (QED) is 0.801. The van der Waals surface area contributed by atoms with Gasteiger partial charge in [-0.05, 0) is 44.4 Å². The summed E-state index contributed by atoms with van der Waals surface area (Å²) >= 11 is 0. The number of benzene rings is 1. The molecule has 0 aliphatic carbocycles. The topological polar surface area (TPSA) is 38.8 Å². The number of amides is 1. The molecule has 1 amide bonds. The minimum atomic E-state index is 0.0181. The molecule has 20 heavy (non-hydrogen) atoms. The Bertz CT molecular complexity index is 441. The number of aryl methyl sites for hydroxylation is 1. The summed E-state index contributed by atoms with van der Waals surface area (Å²) in [5, 5.41) is 0. The van der Waals surface area contributed by atoms with Crippen molar-refractivity contribution >= 4 is 5.91 Å². The number of rotatable bonds is 6. The van der Waals surface area contributed by atoms with Crippen LogP contribution in [0.15, 0.2) is 24.3 Å². The summed E-state index contributed by atoms with van der Waals surface area (Å²) in [5.74, 6) is 0.760. The largest absolute Gasteiger partial charge is 0.484 e. The first kappa shape index (κ1) is 14.9. The molecule has 1 aromatic rings. The molecule has 1 saturated heterocycles. The molecule has 1 aromatic carbocycles. The van der Waals surface area contributed by atoms with E-state index in [2.05, 4.69) is 0 Å². The van der Waals surface area contributed by atoms with Crippen molar-refractivity contribution in [1.29, 1.82) is 0 Å². The molecule has 0 aromatic heterocycles. The van der Waals surface area contributed by atoms with Gasteiger partial charge in [0.25, 0.3) is 5.91 Å². The lowest BCUT2D eigenvalue weighted by atomic mass is 10.2. The normalized spacial score (nSPS) is 18.0. The molecule has 0 radical (unpaired) electrons. The van der Waals surface area contributed by atoms with Gasteiger partial charge in [0.05, 0.1) is 6.10 Å². The third-order valence-corrected chi connectivity index (χ3v) is 3.53. The molecule has 0 N–H and O–H groups in total. The van der Waals surface area contributed by atoms with Gasteiger partial charge in [-0.25, -0.2) is 0 Å². The highest BCUT2D eigenvalue weighted by atomic mass is 16.5. The van der Waals surface area contributed by atoms with Crippen LogP contribution in [0.5, 0.6) is 5.75 Å². The van der Waals surface area contributed by atoms with Crippen LogP contribution in [0, 0.1) is 6.92 Å². The molecular weight excluding hydrogens is 254 g/mol. The van der Waals surface area contributed by atoms with E-state index in [9.17, 15) is 4.79 Å². The SMILES string of the molecule is CCN(CC1CCCO1)C(=O)COc1cccc(C)c1. The Morgan fingerprint density at radius 3 is 3.00 bits per heavy atom. The Balaban J connectivity index is 1.82. The highest BCUT2D eigenvalue weighted by molar-refractivity contribution is 5.77. The predicted octanol–water partition coefficient (Wildman–Crippen LogP) is 2.40. The maximum Gasteiger partial charge on any atom is 0.260 e. The molecule has 110 valence electrons. The van der Waals surface area contributed by atoms with Gasteiger partial charge < -0.3 is 14.4 Å². The van der Waals surface area contributed by atoms with Crippen LogP contribution in [0.1, 0.15) is 25.3 Å². The average molecular weight is 277 g/mol. The molecule has 2 rings (SSSR count). The van der Waals surface area contributed by atoms with Crippen LogP contribution >= 0.6 is 0 Å². The molecule has 1 heterocycles. The maximum absolute atomic E-state index is 12.2. The summed E-state index contributed by atoms with van der Waals surface area (Å²) < 4.78 is 11.1. The van der Waals surface area contributed by atoms with Gasteiger partial charge in [-0.1, -0.05) is 12.1 Å². The van der Waals surface area contributed by atoms with Crippen molar-refractivity contribution in [2.45, 2.75) is 32.8 Å². The van der Waals surface area contributed by atoms with Gasteiger partial charge in [0.2, 0.25) is 0 Å². The summed E-state index contributed by atoms with van der Waals surface area (Å²) in [6.45, 7) is 6.26. The Morgan fingerprint density at radius 2 is 2.35 bits per heavy atom. The van der Waals surface area contributed by atoms with Crippen molar-refractivity contribution in [1.82, 2.24) is 4.90 Å². The number of nitrogens with zero attached hydrogens (tertiary/aromatic N) is 1. The molecule has 1 fully saturated rings. The number of ether oxygens (including phenoxy) is 2. The number of carbonyl (C=O) groups excluding carboxylic acids is 1. The summed E-state index contributed by atoms with van der Waals surface area (Å²) in [6, 6.07) is 7.74. The van der Waals surface area contributed by atoms with Crippen molar-refractivity contribution in [3.63, 3.8) is 0 Å². The van der Waals surface area contributed by atoms with Gasteiger partial charge in [-0.15, -0.1) is 0 Å². The lowest BCUT2D eigenvalue weighted by Crippen LogP contribution is -2.39. The predicted molar refractivity (Wildman–Crippen MR) is 77.9 cm³/mol. The molecule has 4 nitrogen and oxygen atoms in total. The second-order valence-corrected chi connectivity index (χ2v) is 5.17. The van der Waals surface area contributed by atoms with Gasteiger partial charge in [0.15, 0.2) is 6.61 Å². The second kappa shape index (κ2) is 7.29. The standard InChI is InChI=1S/C16H23NO3/c1-3-17(11-15-8-5-9-19-15)16(18)12-20-14-7-4-6-13(2)10-14/h4,6-7,10,15H,3,5,8-9,11-12H2,1-2H3. The summed E-state index contributed by atoms with van der Waals surface area (Å²) in [7, 11) is 0. The summed E-state index contributed by atoms with van der Waals surface area (Å²) in [5.41, 5.74) is 1.13. The Labute approximate surface area is 120 Å². The van der Waals surface area contributed by atoms with E-state index in [1.807, 2.05) is 43.0 Å². The Kier molecular flexibility index (Phi) is 5.41. The van der Waals surface area contributed by atoms with Crippen LogP contribution in [-0.2, 0) is 9.53 Å². The van der Waals surface area contributed by atoms with Crippen molar-refractivity contribution in [2.24, 2.45) is 0 Å². The molecule has 1 aliphatic heterocycles. The lowest BCUT2D eigenvalue weighted by Gasteiger charge is -2.24. The fraction of sp³-hybridized carbons (Fsp3) is 0.562. The summed E-state index contributed by atoms with van der Waals surface area (Å²) in [4.78, 5) is 14.0. The minimum absolute atomic E-state index is 0.0181. The van der Waals surface area contributed by atoms with Gasteiger partial charge in [0.1, 0.15) is 5.75 Å². The van der Waals surface area contributed by atoms with E-state index in [4.69, 9.17) is 9.47 Å². The molecule has 1 unspecified atom stereocenters. The van der Waals surface area contributed by atoms with Gasteiger partial charge >= 0.3 is 0 Å². The zero-order valence-electron chi connectivity index (χ0n) is 12.3. The van der Waals surface area contributed by atoms with Crippen molar-refractivity contribution in [3.05, 3.63) is 29.8 Å². The first-order chi connectivity index (χ1) is 9.69. The van der Waals surface area contributed by atoms with Crippen molar-refractivity contribution < 1.29 is 14.3 Å². The van der Waals surface area contributed by atoms with Gasteiger partial charge in [-0.2, -0.15) is 0 Å². The van der Waals surface area contributed by atoms with Crippen molar-refractivity contribution in [3.8, 4) is 5.75 Å². The second-order valence-electron chi connectivity index (χ2n) is 5.17. The van der Waals surface area contributed by atoms with Crippen molar-refractivity contribution in [2.75, 3.05) is 26.3 Å². The first-order valence-electron chi connectivity index (χ1n) is 7.28.